The number of thiophene rings is 1. The summed E-state index contributed by atoms with van der Waals surface area (Å²) in [7, 11) is 0. The Bertz CT molecular complexity index is 504. The lowest BCUT2D eigenvalue weighted by molar-refractivity contribution is 0.136. The number of halogens is 1. The van der Waals surface area contributed by atoms with Crippen LogP contribution in [-0.4, -0.2) is 35.3 Å². The van der Waals surface area contributed by atoms with Gasteiger partial charge in [-0.25, -0.2) is 14.4 Å². The van der Waals surface area contributed by atoms with E-state index in [2.05, 4.69) is 15.3 Å². The van der Waals surface area contributed by atoms with Gasteiger partial charge in [-0.2, -0.15) is 0 Å². The van der Waals surface area contributed by atoms with Gasteiger partial charge in [0.15, 0.2) is 6.17 Å². The Balaban J connectivity index is 1.91. The highest BCUT2D eigenvalue weighted by atomic mass is 32.1. The smallest absolute Gasteiger partial charge is 0.235 e. The average Bonchev–Trinajstić information content (AvgIpc) is 2.89. The largest absolute Gasteiger partial charge is 0.469 e. The van der Waals surface area contributed by atoms with E-state index in [9.17, 15) is 4.39 Å². The highest BCUT2D eigenvalue weighted by Crippen LogP contribution is 2.28. The Kier molecular flexibility index (Phi) is 2.45. The lowest BCUT2D eigenvalue weighted by Crippen LogP contribution is -2.27. The third kappa shape index (κ3) is 1.64. The van der Waals surface area contributed by atoms with Crippen molar-refractivity contribution in [1.29, 1.82) is 0 Å². The molecule has 2 unspecified atom stereocenters. The van der Waals surface area contributed by atoms with Crippen molar-refractivity contribution in [1.82, 2.24) is 15.3 Å². The Labute approximate surface area is 95.5 Å². The Morgan fingerprint density at radius 1 is 1.44 bits per heavy atom. The van der Waals surface area contributed by atoms with Gasteiger partial charge in [0.25, 0.3) is 0 Å². The van der Waals surface area contributed by atoms with Crippen LogP contribution < -0.4 is 10.1 Å². The van der Waals surface area contributed by atoms with Crippen LogP contribution in [0, 0.1) is 0 Å². The fraction of sp³-hybridized carbons (Fsp3) is 0.400. The van der Waals surface area contributed by atoms with Crippen LogP contribution in [0.3, 0.4) is 0 Å². The van der Waals surface area contributed by atoms with E-state index in [4.69, 9.17) is 4.74 Å². The van der Waals surface area contributed by atoms with Crippen LogP contribution >= 0.6 is 11.3 Å². The molecule has 0 saturated carbocycles. The van der Waals surface area contributed by atoms with Gasteiger partial charge in [0, 0.05) is 13.1 Å². The number of hydrogen-bond acceptors (Lipinski definition) is 5. The van der Waals surface area contributed by atoms with Gasteiger partial charge in [-0.3, -0.25) is 0 Å². The first-order valence-corrected chi connectivity index (χ1v) is 5.92. The van der Waals surface area contributed by atoms with Gasteiger partial charge in [0.1, 0.15) is 17.1 Å². The molecule has 1 N–H and O–H groups in total. The predicted octanol–water partition coefficient (Wildman–Crippen LogP) is 1.38. The lowest BCUT2D eigenvalue weighted by Gasteiger charge is -2.13. The molecular weight excluding hydrogens is 229 g/mol. The van der Waals surface area contributed by atoms with Gasteiger partial charge in [-0.05, 0) is 11.4 Å². The normalized spacial score (nSPS) is 25.1. The molecule has 6 heteroatoms. The van der Waals surface area contributed by atoms with E-state index in [1.165, 1.54) is 17.7 Å². The number of nitrogens with zero attached hydrogens (tertiary/aromatic N) is 2. The molecular formula is C10H10FN3OS. The SMILES string of the molecule is FC1CNCC1Oc1ncnc2ccsc12. The maximum Gasteiger partial charge on any atom is 0.235 e. The summed E-state index contributed by atoms with van der Waals surface area (Å²) < 4.78 is 19.8. The molecule has 84 valence electrons. The van der Waals surface area contributed by atoms with Gasteiger partial charge in [0.2, 0.25) is 5.88 Å². The van der Waals surface area contributed by atoms with E-state index in [-0.39, 0.29) is 0 Å². The first kappa shape index (κ1) is 9.92. The topological polar surface area (TPSA) is 47.0 Å². The highest BCUT2D eigenvalue weighted by molar-refractivity contribution is 7.17. The number of hydrogen-bond donors (Lipinski definition) is 1. The number of nitrogens with one attached hydrogen (secondary N) is 1. The zero-order valence-corrected chi connectivity index (χ0v) is 9.21. The minimum atomic E-state index is -0.968. The summed E-state index contributed by atoms with van der Waals surface area (Å²) in [5.74, 6) is 0.483. The molecule has 1 fully saturated rings. The summed E-state index contributed by atoms with van der Waals surface area (Å²) in [6.07, 6.45) is 0.0326. The van der Waals surface area contributed by atoms with Crippen LogP contribution in [0.4, 0.5) is 4.39 Å². The molecule has 0 amide bonds. The van der Waals surface area contributed by atoms with Gasteiger partial charge in [0.05, 0.1) is 5.52 Å². The summed E-state index contributed by atoms with van der Waals surface area (Å²) in [6.45, 7) is 0.876. The number of alkyl halides is 1. The number of fused-ring (bicyclic) bond motifs is 1. The molecule has 1 aliphatic heterocycles. The number of aromatic nitrogens is 2. The van der Waals surface area contributed by atoms with Crippen molar-refractivity contribution < 1.29 is 9.13 Å². The zero-order valence-electron chi connectivity index (χ0n) is 8.39. The van der Waals surface area contributed by atoms with Gasteiger partial charge < -0.3 is 10.1 Å². The molecule has 0 aromatic carbocycles. The standard InChI is InChI=1S/C10H10FN3OS/c11-6-3-12-4-8(6)15-10-9-7(1-2-16-9)13-5-14-10/h1-2,5-6,8,12H,3-4H2. The van der Waals surface area contributed by atoms with Crippen molar-refractivity contribution in [2.75, 3.05) is 13.1 Å². The van der Waals surface area contributed by atoms with E-state index in [1.54, 1.807) is 0 Å². The molecule has 2 atom stereocenters. The number of ether oxygens (including phenoxy) is 1. The first-order chi connectivity index (χ1) is 7.84. The second kappa shape index (κ2) is 3.95. The lowest BCUT2D eigenvalue weighted by atomic mass is 10.3. The van der Waals surface area contributed by atoms with Gasteiger partial charge in [-0.15, -0.1) is 11.3 Å². The van der Waals surface area contributed by atoms with E-state index < -0.39 is 12.3 Å². The Morgan fingerprint density at radius 2 is 2.38 bits per heavy atom. The highest BCUT2D eigenvalue weighted by Gasteiger charge is 2.29. The monoisotopic (exact) mass is 239 g/mol. The fourth-order valence-electron chi connectivity index (χ4n) is 1.73. The van der Waals surface area contributed by atoms with E-state index in [0.717, 1.165) is 10.2 Å². The van der Waals surface area contributed by atoms with Crippen molar-refractivity contribution in [3.05, 3.63) is 17.8 Å². The zero-order chi connectivity index (χ0) is 11.0. The molecule has 1 saturated heterocycles. The van der Waals surface area contributed by atoms with Gasteiger partial charge >= 0.3 is 0 Å². The summed E-state index contributed by atoms with van der Waals surface area (Å²) in [5, 5.41) is 4.87. The molecule has 3 rings (SSSR count). The summed E-state index contributed by atoms with van der Waals surface area (Å²) in [4.78, 5) is 8.17. The Morgan fingerprint density at radius 3 is 3.19 bits per heavy atom. The minimum Gasteiger partial charge on any atom is -0.469 e. The van der Waals surface area contributed by atoms with E-state index in [0.29, 0.717) is 19.0 Å². The third-order valence-electron chi connectivity index (χ3n) is 2.56. The van der Waals surface area contributed by atoms with Crippen LogP contribution in [0.5, 0.6) is 5.88 Å². The second-order valence-corrected chi connectivity index (χ2v) is 4.56. The second-order valence-electron chi connectivity index (χ2n) is 3.64. The maximum atomic E-state index is 13.4. The van der Waals surface area contributed by atoms with E-state index in [1.807, 2.05) is 11.4 Å². The van der Waals surface area contributed by atoms with Crippen LogP contribution in [0.2, 0.25) is 0 Å². The van der Waals surface area contributed by atoms with Gasteiger partial charge in [-0.1, -0.05) is 0 Å². The van der Waals surface area contributed by atoms with Crippen molar-refractivity contribution in [3.63, 3.8) is 0 Å². The van der Waals surface area contributed by atoms with Crippen molar-refractivity contribution >= 4 is 21.6 Å². The molecule has 0 radical (unpaired) electrons. The maximum absolute atomic E-state index is 13.4. The predicted molar refractivity (Wildman–Crippen MR) is 59.6 cm³/mol. The minimum absolute atomic E-state index is 0.351. The fourth-order valence-corrected chi connectivity index (χ4v) is 2.51. The molecule has 0 spiro atoms. The third-order valence-corrected chi connectivity index (χ3v) is 3.45. The summed E-state index contributed by atoms with van der Waals surface area (Å²) in [5.41, 5.74) is 0.844. The molecule has 1 aliphatic rings. The quantitative estimate of drug-likeness (QED) is 0.860. The molecule has 2 aromatic heterocycles. The van der Waals surface area contributed by atoms with Crippen LogP contribution in [0.25, 0.3) is 10.2 Å². The molecule has 0 bridgehead atoms. The van der Waals surface area contributed by atoms with Crippen molar-refractivity contribution in [2.45, 2.75) is 12.3 Å². The van der Waals surface area contributed by atoms with Crippen LogP contribution in [-0.2, 0) is 0 Å². The van der Waals surface area contributed by atoms with Crippen LogP contribution in [0.1, 0.15) is 0 Å². The summed E-state index contributed by atoms with van der Waals surface area (Å²) in [6, 6.07) is 1.90. The number of rotatable bonds is 2. The molecule has 16 heavy (non-hydrogen) atoms. The Hall–Kier alpha value is -1.27. The summed E-state index contributed by atoms with van der Waals surface area (Å²) >= 11 is 1.51. The van der Waals surface area contributed by atoms with Crippen LogP contribution in [0.15, 0.2) is 17.8 Å². The molecule has 0 aliphatic carbocycles. The molecule has 2 aromatic rings. The van der Waals surface area contributed by atoms with E-state index >= 15 is 0 Å². The molecule has 4 nitrogen and oxygen atoms in total. The average molecular weight is 239 g/mol. The molecule has 3 heterocycles. The van der Waals surface area contributed by atoms with Crippen molar-refractivity contribution in [3.8, 4) is 5.88 Å². The van der Waals surface area contributed by atoms with Crippen molar-refractivity contribution in [2.24, 2.45) is 0 Å². The first-order valence-electron chi connectivity index (χ1n) is 5.04.